The third-order valence-electron chi connectivity index (χ3n) is 3.52. The highest BCUT2D eigenvalue weighted by Crippen LogP contribution is 2.09. The molecule has 0 amide bonds. The number of rotatable bonds is 7. The average molecular weight is 275 g/mol. The zero-order chi connectivity index (χ0) is 14.5. The van der Waals surface area contributed by atoms with Crippen molar-refractivity contribution in [3.05, 3.63) is 34.9 Å². The number of hydrogen-bond donors (Lipinski definition) is 1. The molecule has 5 nitrogen and oxygen atoms in total. The van der Waals surface area contributed by atoms with E-state index in [0.29, 0.717) is 0 Å². The molecule has 0 aliphatic carbocycles. The lowest BCUT2D eigenvalue weighted by Gasteiger charge is -2.06. The van der Waals surface area contributed by atoms with Crippen LogP contribution in [-0.4, -0.2) is 19.6 Å². The number of nitrogens with one attached hydrogen (secondary N) is 1. The second-order valence-electron chi connectivity index (χ2n) is 5.03. The summed E-state index contributed by atoms with van der Waals surface area (Å²) in [6.07, 6.45) is 4.06. The molecule has 0 aromatic carbocycles. The Kier molecular flexibility index (Phi) is 4.95. The van der Waals surface area contributed by atoms with Gasteiger partial charge in [0.1, 0.15) is 0 Å². The van der Waals surface area contributed by atoms with E-state index in [4.69, 9.17) is 0 Å². The topological polar surface area (TPSA) is 47.7 Å². The average Bonchev–Trinajstić information content (AvgIpc) is 3.01. The molecule has 0 aliphatic rings. The molecular formula is C15H25N5. The molecule has 20 heavy (non-hydrogen) atoms. The fourth-order valence-electron chi connectivity index (χ4n) is 2.46. The van der Waals surface area contributed by atoms with Crippen LogP contribution in [0.3, 0.4) is 0 Å². The summed E-state index contributed by atoms with van der Waals surface area (Å²) in [6.45, 7) is 9.04. The van der Waals surface area contributed by atoms with Crippen LogP contribution in [0.25, 0.3) is 0 Å². The highest BCUT2D eigenvalue weighted by Gasteiger charge is 2.08. The first-order valence-electron chi connectivity index (χ1n) is 7.45. The zero-order valence-electron chi connectivity index (χ0n) is 13.0. The number of aromatic nitrogens is 4. The van der Waals surface area contributed by atoms with E-state index in [-0.39, 0.29) is 0 Å². The third kappa shape index (κ3) is 3.28. The highest BCUT2D eigenvalue weighted by molar-refractivity contribution is 5.17. The van der Waals surface area contributed by atoms with E-state index in [2.05, 4.69) is 53.2 Å². The van der Waals surface area contributed by atoms with Gasteiger partial charge in [-0.2, -0.15) is 10.2 Å². The van der Waals surface area contributed by atoms with E-state index in [1.54, 1.807) is 0 Å². The van der Waals surface area contributed by atoms with E-state index in [1.807, 2.05) is 11.7 Å². The van der Waals surface area contributed by atoms with Gasteiger partial charge in [-0.15, -0.1) is 0 Å². The molecule has 2 aromatic rings. The van der Waals surface area contributed by atoms with E-state index in [0.717, 1.165) is 32.5 Å². The quantitative estimate of drug-likeness (QED) is 0.841. The number of aryl methyl sites for hydroxylation is 4. The summed E-state index contributed by atoms with van der Waals surface area (Å²) in [6, 6.07) is 2.19. The lowest BCUT2D eigenvalue weighted by molar-refractivity contribution is 0.576. The summed E-state index contributed by atoms with van der Waals surface area (Å²) >= 11 is 0. The molecule has 0 radical (unpaired) electrons. The summed E-state index contributed by atoms with van der Waals surface area (Å²) in [5.41, 5.74) is 4.89. The fraction of sp³-hybridized carbons (Fsp3) is 0.600. The van der Waals surface area contributed by atoms with Crippen molar-refractivity contribution in [3.8, 4) is 0 Å². The lowest BCUT2D eigenvalue weighted by Crippen LogP contribution is -2.16. The predicted octanol–water partition coefficient (Wildman–Crippen LogP) is 2.05. The van der Waals surface area contributed by atoms with Crippen LogP contribution in [0.15, 0.2) is 12.3 Å². The molecule has 0 bridgehead atoms. The molecular weight excluding hydrogens is 250 g/mol. The van der Waals surface area contributed by atoms with Gasteiger partial charge in [-0.3, -0.25) is 9.36 Å². The van der Waals surface area contributed by atoms with Crippen LogP contribution in [-0.2, 0) is 39.5 Å². The van der Waals surface area contributed by atoms with Gasteiger partial charge in [-0.05, 0) is 25.8 Å². The Morgan fingerprint density at radius 3 is 2.55 bits per heavy atom. The van der Waals surface area contributed by atoms with E-state index >= 15 is 0 Å². The van der Waals surface area contributed by atoms with Crippen LogP contribution in [0.4, 0.5) is 0 Å². The molecule has 2 rings (SSSR count). The standard InChI is InChI=1S/C15H25N5/c1-5-13-8-14(20(7-3)17-13)10-16-9-12-11-19(4)18-15(12)6-2/h8,11,16H,5-7,9-10H2,1-4H3. The first-order valence-corrected chi connectivity index (χ1v) is 7.45. The second-order valence-corrected chi connectivity index (χ2v) is 5.03. The van der Waals surface area contributed by atoms with Gasteiger partial charge >= 0.3 is 0 Å². The predicted molar refractivity (Wildman–Crippen MR) is 80.4 cm³/mol. The van der Waals surface area contributed by atoms with Crippen LogP contribution >= 0.6 is 0 Å². The maximum Gasteiger partial charge on any atom is 0.0666 e. The smallest absolute Gasteiger partial charge is 0.0666 e. The van der Waals surface area contributed by atoms with E-state index in [9.17, 15) is 0 Å². The molecule has 5 heteroatoms. The Balaban J connectivity index is 1.97. The maximum absolute atomic E-state index is 4.57. The van der Waals surface area contributed by atoms with Gasteiger partial charge in [0.2, 0.25) is 0 Å². The molecule has 2 aromatic heterocycles. The third-order valence-corrected chi connectivity index (χ3v) is 3.52. The normalized spacial score (nSPS) is 11.2. The van der Waals surface area contributed by atoms with Crippen LogP contribution < -0.4 is 5.32 Å². The van der Waals surface area contributed by atoms with Gasteiger partial charge in [0.05, 0.1) is 17.1 Å². The second kappa shape index (κ2) is 6.70. The van der Waals surface area contributed by atoms with Crippen molar-refractivity contribution < 1.29 is 0 Å². The maximum atomic E-state index is 4.57. The van der Waals surface area contributed by atoms with Crippen molar-refractivity contribution >= 4 is 0 Å². The monoisotopic (exact) mass is 275 g/mol. The van der Waals surface area contributed by atoms with Gasteiger partial charge in [0.15, 0.2) is 0 Å². The van der Waals surface area contributed by atoms with Crippen molar-refractivity contribution in [2.75, 3.05) is 0 Å². The molecule has 0 unspecified atom stereocenters. The molecule has 0 saturated heterocycles. The Morgan fingerprint density at radius 1 is 1.10 bits per heavy atom. The van der Waals surface area contributed by atoms with Crippen LogP contribution in [0.2, 0.25) is 0 Å². The minimum atomic E-state index is 0.846. The Labute approximate surface area is 121 Å². The van der Waals surface area contributed by atoms with Gasteiger partial charge in [0.25, 0.3) is 0 Å². The summed E-state index contributed by atoms with van der Waals surface area (Å²) < 4.78 is 3.97. The van der Waals surface area contributed by atoms with Crippen molar-refractivity contribution in [1.82, 2.24) is 24.9 Å². The van der Waals surface area contributed by atoms with E-state index < -0.39 is 0 Å². The lowest BCUT2D eigenvalue weighted by atomic mass is 10.2. The summed E-state index contributed by atoms with van der Waals surface area (Å²) in [5.74, 6) is 0. The number of hydrogen-bond acceptors (Lipinski definition) is 3. The summed E-state index contributed by atoms with van der Waals surface area (Å²) in [5, 5.41) is 12.5. The van der Waals surface area contributed by atoms with Gasteiger partial charge < -0.3 is 5.32 Å². The van der Waals surface area contributed by atoms with Crippen LogP contribution in [0.1, 0.15) is 43.4 Å². The molecule has 0 fully saturated rings. The van der Waals surface area contributed by atoms with Crippen molar-refractivity contribution in [2.24, 2.45) is 7.05 Å². The van der Waals surface area contributed by atoms with Gasteiger partial charge in [-0.1, -0.05) is 13.8 Å². The molecule has 0 saturated carbocycles. The minimum absolute atomic E-state index is 0.846. The SMILES string of the molecule is CCc1cc(CNCc2cn(C)nc2CC)n(CC)n1. The highest BCUT2D eigenvalue weighted by atomic mass is 15.3. The van der Waals surface area contributed by atoms with E-state index in [1.165, 1.54) is 22.6 Å². The van der Waals surface area contributed by atoms with Crippen LogP contribution in [0, 0.1) is 0 Å². The van der Waals surface area contributed by atoms with Crippen molar-refractivity contribution in [2.45, 2.75) is 53.2 Å². The van der Waals surface area contributed by atoms with Crippen molar-refractivity contribution in [1.29, 1.82) is 0 Å². The minimum Gasteiger partial charge on any atom is -0.307 e. The zero-order valence-corrected chi connectivity index (χ0v) is 13.0. The van der Waals surface area contributed by atoms with Gasteiger partial charge in [-0.25, -0.2) is 0 Å². The molecule has 2 heterocycles. The molecule has 0 spiro atoms. The Morgan fingerprint density at radius 2 is 1.90 bits per heavy atom. The first kappa shape index (κ1) is 14.8. The first-order chi connectivity index (χ1) is 9.67. The Bertz CT molecular complexity index is 553. The summed E-state index contributed by atoms with van der Waals surface area (Å²) in [7, 11) is 1.97. The number of nitrogens with zero attached hydrogens (tertiary/aromatic N) is 4. The summed E-state index contributed by atoms with van der Waals surface area (Å²) in [4.78, 5) is 0. The molecule has 0 aliphatic heterocycles. The fourth-order valence-corrected chi connectivity index (χ4v) is 2.46. The molecule has 0 atom stereocenters. The molecule has 110 valence electrons. The van der Waals surface area contributed by atoms with Gasteiger partial charge in [0, 0.05) is 38.4 Å². The van der Waals surface area contributed by atoms with Crippen molar-refractivity contribution in [3.63, 3.8) is 0 Å². The van der Waals surface area contributed by atoms with Crippen LogP contribution in [0.5, 0.6) is 0 Å². The largest absolute Gasteiger partial charge is 0.307 e. The Hall–Kier alpha value is -1.62. The molecule has 1 N–H and O–H groups in total.